The molecule has 19 heavy (non-hydrogen) atoms. The zero-order valence-corrected chi connectivity index (χ0v) is 14.0. The summed E-state index contributed by atoms with van der Waals surface area (Å²) in [6.07, 6.45) is 0.981. The Morgan fingerprint density at radius 2 is 2.32 bits per heavy atom. The first-order valence-electron chi connectivity index (χ1n) is 6.21. The van der Waals surface area contributed by atoms with E-state index in [9.17, 15) is 4.79 Å². The fourth-order valence-corrected chi connectivity index (χ4v) is 4.95. The van der Waals surface area contributed by atoms with Gasteiger partial charge in [0.2, 0.25) is 0 Å². The number of carbonyl (C=O) groups excluding carboxylic acids is 1. The molecule has 0 radical (unpaired) electrons. The summed E-state index contributed by atoms with van der Waals surface area (Å²) >= 11 is 6.82. The fourth-order valence-electron chi connectivity index (χ4n) is 2.49. The van der Waals surface area contributed by atoms with Gasteiger partial charge in [-0.3, -0.25) is 4.79 Å². The van der Waals surface area contributed by atoms with Crippen LogP contribution in [0.1, 0.15) is 38.6 Å². The topological polar surface area (TPSA) is 20.3 Å². The van der Waals surface area contributed by atoms with Gasteiger partial charge in [0.05, 0.1) is 14.7 Å². The van der Waals surface area contributed by atoms with Crippen LogP contribution in [0.3, 0.4) is 0 Å². The van der Waals surface area contributed by atoms with Gasteiger partial charge in [-0.1, -0.05) is 0 Å². The predicted molar refractivity (Wildman–Crippen MR) is 84.2 cm³/mol. The van der Waals surface area contributed by atoms with Gasteiger partial charge in [-0.15, -0.1) is 22.7 Å². The standard InChI is InChI=1S/C14H14BrNOS2/c1-8-7-12(19-13(8)15)14(17)16-5-3-11-10(9(16)2)4-6-18-11/h4,6-7,9H,3,5H2,1-2H3. The number of aryl methyl sites for hydroxylation is 1. The van der Waals surface area contributed by atoms with E-state index in [2.05, 4.69) is 34.3 Å². The van der Waals surface area contributed by atoms with Crippen molar-refractivity contribution in [3.63, 3.8) is 0 Å². The molecule has 2 aromatic rings. The zero-order valence-electron chi connectivity index (χ0n) is 10.8. The third-order valence-corrected chi connectivity index (χ3v) is 6.73. The van der Waals surface area contributed by atoms with E-state index in [4.69, 9.17) is 0 Å². The highest BCUT2D eigenvalue weighted by Crippen LogP contribution is 2.35. The summed E-state index contributed by atoms with van der Waals surface area (Å²) < 4.78 is 1.05. The lowest BCUT2D eigenvalue weighted by Gasteiger charge is -2.33. The Labute approximate surface area is 129 Å². The van der Waals surface area contributed by atoms with Crippen LogP contribution in [-0.2, 0) is 6.42 Å². The molecule has 1 atom stereocenters. The van der Waals surface area contributed by atoms with E-state index in [-0.39, 0.29) is 11.9 Å². The average Bonchev–Trinajstić information content (AvgIpc) is 2.97. The van der Waals surface area contributed by atoms with Gasteiger partial charge >= 0.3 is 0 Å². The van der Waals surface area contributed by atoms with Crippen LogP contribution in [0.2, 0.25) is 0 Å². The molecule has 0 aromatic carbocycles. The first kappa shape index (κ1) is 13.3. The van der Waals surface area contributed by atoms with Crippen molar-refractivity contribution in [2.75, 3.05) is 6.54 Å². The molecule has 1 unspecified atom stereocenters. The SMILES string of the molecule is Cc1cc(C(=O)N2CCc3sccc3C2C)sc1Br. The van der Waals surface area contributed by atoms with Crippen molar-refractivity contribution in [2.24, 2.45) is 0 Å². The Morgan fingerprint density at radius 1 is 1.53 bits per heavy atom. The second kappa shape index (κ2) is 5.04. The van der Waals surface area contributed by atoms with E-state index in [0.29, 0.717) is 0 Å². The first-order chi connectivity index (χ1) is 9.08. The normalized spacial score (nSPS) is 18.5. The van der Waals surface area contributed by atoms with Crippen LogP contribution in [0, 0.1) is 6.92 Å². The van der Waals surface area contributed by atoms with E-state index >= 15 is 0 Å². The zero-order chi connectivity index (χ0) is 13.6. The molecule has 2 nitrogen and oxygen atoms in total. The van der Waals surface area contributed by atoms with E-state index in [1.165, 1.54) is 21.8 Å². The highest BCUT2D eigenvalue weighted by atomic mass is 79.9. The van der Waals surface area contributed by atoms with Crippen molar-refractivity contribution >= 4 is 44.5 Å². The van der Waals surface area contributed by atoms with Gasteiger partial charge in [-0.25, -0.2) is 0 Å². The van der Waals surface area contributed by atoms with Gasteiger partial charge in [-0.2, -0.15) is 0 Å². The third-order valence-electron chi connectivity index (χ3n) is 3.61. The summed E-state index contributed by atoms with van der Waals surface area (Å²) in [5, 5.41) is 2.13. The van der Waals surface area contributed by atoms with Crippen molar-refractivity contribution in [3.05, 3.63) is 42.2 Å². The molecule has 5 heteroatoms. The summed E-state index contributed by atoms with van der Waals surface area (Å²) in [4.78, 5) is 16.9. The minimum Gasteiger partial charge on any atom is -0.331 e. The average molecular weight is 356 g/mol. The molecule has 3 heterocycles. The van der Waals surface area contributed by atoms with Crippen LogP contribution in [0.25, 0.3) is 0 Å². The Kier molecular flexibility index (Phi) is 3.53. The van der Waals surface area contributed by atoms with Crippen molar-refractivity contribution in [1.82, 2.24) is 4.90 Å². The van der Waals surface area contributed by atoms with Crippen LogP contribution in [-0.4, -0.2) is 17.4 Å². The quantitative estimate of drug-likeness (QED) is 0.729. The number of halogens is 1. The molecule has 0 aliphatic carbocycles. The van der Waals surface area contributed by atoms with Crippen molar-refractivity contribution in [2.45, 2.75) is 26.3 Å². The van der Waals surface area contributed by atoms with E-state index in [0.717, 1.165) is 27.2 Å². The Hall–Kier alpha value is -0.650. The smallest absolute Gasteiger partial charge is 0.264 e. The first-order valence-corrected chi connectivity index (χ1v) is 8.70. The highest BCUT2D eigenvalue weighted by Gasteiger charge is 2.29. The molecule has 1 aliphatic heterocycles. The second-order valence-electron chi connectivity index (χ2n) is 4.79. The van der Waals surface area contributed by atoms with E-state index in [1.807, 2.05) is 17.9 Å². The number of thiophene rings is 2. The maximum atomic E-state index is 12.6. The molecule has 0 saturated heterocycles. The highest BCUT2D eigenvalue weighted by molar-refractivity contribution is 9.11. The van der Waals surface area contributed by atoms with Crippen LogP contribution in [0.15, 0.2) is 21.3 Å². The molecule has 0 saturated carbocycles. The maximum Gasteiger partial charge on any atom is 0.264 e. The molecular formula is C14H14BrNOS2. The van der Waals surface area contributed by atoms with Gasteiger partial charge in [0, 0.05) is 11.4 Å². The van der Waals surface area contributed by atoms with Gasteiger partial charge in [0.1, 0.15) is 0 Å². The Bertz CT molecular complexity index is 612. The summed E-state index contributed by atoms with van der Waals surface area (Å²) in [5.41, 5.74) is 2.45. The van der Waals surface area contributed by atoms with Crippen LogP contribution in [0.4, 0.5) is 0 Å². The van der Waals surface area contributed by atoms with Gasteiger partial charge in [0.25, 0.3) is 5.91 Å². The van der Waals surface area contributed by atoms with Crippen LogP contribution in [0.5, 0.6) is 0 Å². The lowest BCUT2D eigenvalue weighted by atomic mass is 10.0. The monoisotopic (exact) mass is 355 g/mol. The molecule has 3 rings (SSSR count). The summed E-state index contributed by atoms with van der Waals surface area (Å²) in [7, 11) is 0. The molecule has 1 aliphatic rings. The molecule has 0 spiro atoms. The lowest BCUT2D eigenvalue weighted by Crippen LogP contribution is -2.37. The van der Waals surface area contributed by atoms with Crippen molar-refractivity contribution in [1.29, 1.82) is 0 Å². The largest absolute Gasteiger partial charge is 0.331 e. The molecule has 1 amide bonds. The van der Waals surface area contributed by atoms with Gasteiger partial charge in [0.15, 0.2) is 0 Å². The number of hydrogen-bond acceptors (Lipinski definition) is 3. The number of rotatable bonds is 1. The van der Waals surface area contributed by atoms with E-state index in [1.54, 1.807) is 11.3 Å². The number of carbonyl (C=O) groups is 1. The third kappa shape index (κ3) is 2.28. The molecule has 0 N–H and O–H groups in total. The molecule has 0 bridgehead atoms. The Morgan fingerprint density at radius 3 is 3.00 bits per heavy atom. The summed E-state index contributed by atoms with van der Waals surface area (Å²) in [5.74, 6) is 0.156. The second-order valence-corrected chi connectivity index (χ2v) is 8.16. The number of nitrogens with zero attached hydrogens (tertiary/aromatic N) is 1. The van der Waals surface area contributed by atoms with Gasteiger partial charge in [-0.05, 0) is 64.8 Å². The number of hydrogen-bond donors (Lipinski definition) is 0. The van der Waals surface area contributed by atoms with Crippen molar-refractivity contribution < 1.29 is 4.79 Å². The molecular weight excluding hydrogens is 342 g/mol. The summed E-state index contributed by atoms with van der Waals surface area (Å²) in [6.45, 7) is 4.97. The van der Waals surface area contributed by atoms with Crippen molar-refractivity contribution in [3.8, 4) is 0 Å². The minimum atomic E-state index is 0.156. The number of fused-ring (bicyclic) bond motifs is 1. The number of amides is 1. The summed E-state index contributed by atoms with van der Waals surface area (Å²) in [6, 6.07) is 4.32. The lowest BCUT2D eigenvalue weighted by molar-refractivity contribution is 0.0684. The maximum absolute atomic E-state index is 12.6. The fraction of sp³-hybridized carbons (Fsp3) is 0.357. The van der Waals surface area contributed by atoms with E-state index < -0.39 is 0 Å². The van der Waals surface area contributed by atoms with Gasteiger partial charge < -0.3 is 4.90 Å². The molecule has 2 aromatic heterocycles. The van der Waals surface area contributed by atoms with Crippen LogP contribution >= 0.6 is 38.6 Å². The minimum absolute atomic E-state index is 0.156. The molecule has 100 valence electrons. The Balaban J connectivity index is 1.89. The molecule has 0 fully saturated rings. The predicted octanol–water partition coefficient (Wildman–Crippen LogP) is 4.64. The van der Waals surface area contributed by atoms with Crippen LogP contribution < -0.4 is 0 Å².